The molecule has 1 aromatic heterocycles. The summed E-state index contributed by atoms with van der Waals surface area (Å²) in [6.45, 7) is 2.58. The summed E-state index contributed by atoms with van der Waals surface area (Å²) in [6, 6.07) is 28.4. The maximum atomic E-state index is 13.2. The molecule has 0 atom stereocenters. The highest BCUT2D eigenvalue weighted by molar-refractivity contribution is 5.86. The molecule has 122 valence electrons. The van der Waals surface area contributed by atoms with Gasteiger partial charge in [-0.2, -0.15) is 0 Å². The maximum absolute atomic E-state index is 13.2. The van der Waals surface area contributed by atoms with Gasteiger partial charge in [-0.25, -0.2) is 0 Å². The predicted octanol–water partition coefficient (Wildman–Crippen LogP) is 5.03. The Morgan fingerprint density at radius 3 is 2.20 bits per heavy atom. The summed E-state index contributed by atoms with van der Waals surface area (Å²) < 4.78 is 1.88. The smallest absolute Gasteiger partial charge is 0.259 e. The second kappa shape index (κ2) is 6.40. The van der Waals surface area contributed by atoms with Gasteiger partial charge in [0.1, 0.15) is 0 Å². The molecule has 0 spiro atoms. The Morgan fingerprint density at radius 1 is 0.800 bits per heavy atom. The lowest BCUT2D eigenvalue weighted by Gasteiger charge is -2.15. The zero-order valence-corrected chi connectivity index (χ0v) is 14.1. The molecule has 0 fully saturated rings. The molecule has 2 nitrogen and oxygen atoms in total. The summed E-state index contributed by atoms with van der Waals surface area (Å²) in [7, 11) is 0. The van der Waals surface area contributed by atoms with Crippen LogP contribution in [-0.4, -0.2) is 4.57 Å². The molecule has 0 unspecified atom stereocenters. The molecule has 4 aromatic rings. The van der Waals surface area contributed by atoms with Crippen LogP contribution in [-0.2, 0) is 6.54 Å². The molecule has 0 aliphatic carbocycles. The molecular weight excluding hydrogens is 306 g/mol. The largest absolute Gasteiger partial charge is 0.303 e. The van der Waals surface area contributed by atoms with E-state index in [-0.39, 0.29) is 5.56 Å². The summed E-state index contributed by atoms with van der Waals surface area (Å²) in [6.07, 6.45) is 0. The Morgan fingerprint density at radius 2 is 1.48 bits per heavy atom. The highest BCUT2D eigenvalue weighted by Crippen LogP contribution is 2.23. The van der Waals surface area contributed by atoms with Gasteiger partial charge in [-0.05, 0) is 35.6 Å². The van der Waals surface area contributed by atoms with Crippen molar-refractivity contribution in [1.29, 1.82) is 0 Å². The monoisotopic (exact) mass is 325 g/mol. The summed E-state index contributed by atoms with van der Waals surface area (Å²) >= 11 is 0. The van der Waals surface area contributed by atoms with E-state index in [1.807, 2.05) is 60.0 Å². The molecule has 2 heteroatoms. The predicted molar refractivity (Wildman–Crippen MR) is 104 cm³/mol. The van der Waals surface area contributed by atoms with Crippen LogP contribution in [0.4, 0.5) is 0 Å². The van der Waals surface area contributed by atoms with Gasteiger partial charge in [-0.3, -0.25) is 4.79 Å². The van der Waals surface area contributed by atoms with Gasteiger partial charge < -0.3 is 4.57 Å². The van der Waals surface area contributed by atoms with Gasteiger partial charge >= 0.3 is 0 Å². The first-order valence-corrected chi connectivity index (χ1v) is 8.46. The third kappa shape index (κ3) is 2.99. The van der Waals surface area contributed by atoms with Crippen molar-refractivity contribution in [2.45, 2.75) is 13.5 Å². The quantitative estimate of drug-likeness (QED) is 0.518. The van der Waals surface area contributed by atoms with Crippen molar-refractivity contribution in [3.05, 3.63) is 106 Å². The van der Waals surface area contributed by atoms with Crippen molar-refractivity contribution in [2.75, 3.05) is 0 Å². The number of aryl methyl sites for hydroxylation is 1. The van der Waals surface area contributed by atoms with Gasteiger partial charge in [-0.1, -0.05) is 78.4 Å². The van der Waals surface area contributed by atoms with Crippen molar-refractivity contribution in [2.24, 2.45) is 0 Å². The third-order valence-electron chi connectivity index (χ3n) is 4.52. The molecule has 1 heterocycles. The average Bonchev–Trinajstić information content (AvgIpc) is 2.66. The number of hydrogen-bond acceptors (Lipinski definition) is 1. The standard InChI is InChI=1S/C23H19NO/c1-17-12-13-20-15-22(19-10-6-3-7-11-19)24(23(25)21(20)14-17)16-18-8-4-2-5-9-18/h2-15H,16H2,1H3. The van der Waals surface area contributed by atoms with Crippen molar-refractivity contribution in [3.63, 3.8) is 0 Å². The second-order valence-corrected chi connectivity index (χ2v) is 6.36. The van der Waals surface area contributed by atoms with Crippen LogP contribution in [0.2, 0.25) is 0 Å². The van der Waals surface area contributed by atoms with Crippen molar-refractivity contribution in [1.82, 2.24) is 4.57 Å². The minimum Gasteiger partial charge on any atom is -0.303 e. The van der Waals surface area contributed by atoms with Gasteiger partial charge in [-0.15, -0.1) is 0 Å². The van der Waals surface area contributed by atoms with Crippen molar-refractivity contribution in [3.8, 4) is 11.3 Å². The maximum Gasteiger partial charge on any atom is 0.259 e. The van der Waals surface area contributed by atoms with Gasteiger partial charge in [0.2, 0.25) is 0 Å². The van der Waals surface area contributed by atoms with Crippen LogP contribution >= 0.6 is 0 Å². The third-order valence-corrected chi connectivity index (χ3v) is 4.52. The molecule has 0 N–H and O–H groups in total. The Hall–Kier alpha value is -3.13. The average molecular weight is 325 g/mol. The molecule has 0 aliphatic rings. The SMILES string of the molecule is Cc1ccc2cc(-c3ccccc3)n(Cc3ccccc3)c(=O)c2c1. The number of nitrogens with zero attached hydrogens (tertiary/aromatic N) is 1. The molecule has 25 heavy (non-hydrogen) atoms. The van der Waals surface area contributed by atoms with Crippen molar-refractivity contribution >= 4 is 10.8 Å². The van der Waals surface area contributed by atoms with Crippen LogP contribution in [0.15, 0.2) is 89.7 Å². The summed E-state index contributed by atoms with van der Waals surface area (Å²) in [5.74, 6) is 0. The van der Waals surface area contributed by atoms with E-state index >= 15 is 0 Å². The summed E-state index contributed by atoms with van der Waals surface area (Å²) in [5.41, 5.74) is 4.28. The van der Waals surface area contributed by atoms with Crippen LogP contribution in [0.25, 0.3) is 22.0 Å². The zero-order valence-electron chi connectivity index (χ0n) is 14.1. The lowest BCUT2D eigenvalue weighted by Crippen LogP contribution is -2.22. The Balaban J connectivity index is 2.00. The topological polar surface area (TPSA) is 22.0 Å². The minimum atomic E-state index is 0.0592. The first-order valence-electron chi connectivity index (χ1n) is 8.46. The number of pyridine rings is 1. The van der Waals surface area contributed by atoms with Crippen LogP contribution < -0.4 is 5.56 Å². The van der Waals surface area contributed by atoms with Gasteiger partial charge in [0.15, 0.2) is 0 Å². The normalized spacial score (nSPS) is 10.9. The molecule has 3 aromatic carbocycles. The Bertz CT molecular complexity index is 1080. The fourth-order valence-corrected chi connectivity index (χ4v) is 3.23. The van der Waals surface area contributed by atoms with Gasteiger partial charge in [0, 0.05) is 5.39 Å². The second-order valence-electron chi connectivity index (χ2n) is 6.36. The molecule has 0 bridgehead atoms. The van der Waals surface area contributed by atoms with Crippen LogP contribution in [0.5, 0.6) is 0 Å². The van der Waals surface area contributed by atoms with Crippen LogP contribution in [0.1, 0.15) is 11.1 Å². The molecule has 0 saturated heterocycles. The van der Waals surface area contributed by atoms with E-state index in [1.165, 1.54) is 0 Å². The van der Waals surface area contributed by atoms with Crippen molar-refractivity contribution < 1.29 is 0 Å². The van der Waals surface area contributed by atoms with Crippen LogP contribution in [0.3, 0.4) is 0 Å². The van der Waals surface area contributed by atoms with E-state index in [2.05, 4.69) is 36.4 Å². The van der Waals surface area contributed by atoms with E-state index in [1.54, 1.807) is 0 Å². The number of fused-ring (bicyclic) bond motifs is 1. The molecule has 4 rings (SSSR count). The first kappa shape index (κ1) is 15.4. The highest BCUT2D eigenvalue weighted by Gasteiger charge is 2.11. The molecule has 0 saturated carbocycles. The lowest BCUT2D eigenvalue weighted by molar-refractivity contribution is 0.777. The van der Waals surface area contributed by atoms with E-state index in [4.69, 9.17) is 0 Å². The van der Waals surface area contributed by atoms with E-state index in [9.17, 15) is 4.79 Å². The molecular formula is C23H19NO. The summed E-state index contributed by atoms with van der Waals surface area (Å²) in [4.78, 5) is 13.2. The number of hydrogen-bond donors (Lipinski definition) is 0. The summed E-state index contributed by atoms with van der Waals surface area (Å²) in [5, 5.41) is 1.76. The number of rotatable bonds is 3. The van der Waals surface area contributed by atoms with E-state index < -0.39 is 0 Å². The molecule has 0 radical (unpaired) electrons. The minimum absolute atomic E-state index is 0.0592. The fraction of sp³-hybridized carbons (Fsp3) is 0.0870. The van der Waals surface area contributed by atoms with E-state index in [0.29, 0.717) is 6.54 Å². The van der Waals surface area contributed by atoms with Crippen LogP contribution in [0, 0.1) is 6.92 Å². The number of benzene rings is 3. The van der Waals surface area contributed by atoms with E-state index in [0.717, 1.165) is 33.2 Å². The Labute approximate surface area is 147 Å². The molecule has 0 amide bonds. The fourth-order valence-electron chi connectivity index (χ4n) is 3.23. The van der Waals surface area contributed by atoms with Gasteiger partial charge in [0.05, 0.1) is 12.2 Å². The molecule has 0 aliphatic heterocycles. The van der Waals surface area contributed by atoms with Gasteiger partial charge in [0.25, 0.3) is 5.56 Å². The lowest BCUT2D eigenvalue weighted by atomic mass is 10.0. The number of aromatic nitrogens is 1. The first-order chi connectivity index (χ1) is 12.2. The Kier molecular flexibility index (Phi) is 3.95. The zero-order chi connectivity index (χ0) is 17.2. The highest BCUT2D eigenvalue weighted by atomic mass is 16.1.